The van der Waals surface area contributed by atoms with E-state index in [1.54, 1.807) is 18.2 Å². The summed E-state index contributed by atoms with van der Waals surface area (Å²) in [5.74, 6) is -1.41. The summed E-state index contributed by atoms with van der Waals surface area (Å²) in [7, 11) is 0. The Balaban J connectivity index is 1.34. The van der Waals surface area contributed by atoms with Crippen LogP contribution in [0, 0.1) is 5.82 Å². The first-order valence-electron chi connectivity index (χ1n) is 11.1. The molecule has 0 aliphatic carbocycles. The number of pyridine rings is 1. The number of hydrogen-bond acceptors (Lipinski definition) is 6. The van der Waals surface area contributed by atoms with Crippen LogP contribution in [0.4, 0.5) is 15.9 Å². The monoisotopic (exact) mass is 498 g/mol. The van der Waals surface area contributed by atoms with Crippen molar-refractivity contribution in [1.29, 1.82) is 0 Å². The van der Waals surface area contributed by atoms with E-state index in [-0.39, 0.29) is 16.8 Å². The smallest absolute Gasteiger partial charge is 0.339 e. The molecule has 1 saturated heterocycles. The van der Waals surface area contributed by atoms with Gasteiger partial charge in [-0.2, -0.15) is 0 Å². The Morgan fingerprint density at radius 1 is 1.06 bits per heavy atom. The van der Waals surface area contributed by atoms with Gasteiger partial charge in [-0.15, -0.1) is 0 Å². The van der Waals surface area contributed by atoms with E-state index in [9.17, 15) is 19.1 Å². The molecular formula is C25H24ClFN4O4. The molecule has 182 valence electrons. The lowest BCUT2D eigenvalue weighted by molar-refractivity contribution is 0.0696. The third-order valence-corrected chi connectivity index (χ3v) is 5.89. The summed E-state index contributed by atoms with van der Waals surface area (Å²) in [5, 5.41) is 12.9. The number of benzene rings is 2. The Kier molecular flexibility index (Phi) is 7.79. The van der Waals surface area contributed by atoms with Crippen LogP contribution in [-0.2, 0) is 0 Å². The first-order chi connectivity index (χ1) is 16.9. The molecule has 0 atom stereocenters. The molecule has 2 N–H and O–H groups in total. The zero-order valence-electron chi connectivity index (χ0n) is 18.8. The number of aromatic nitrogens is 1. The molecule has 3 aromatic rings. The van der Waals surface area contributed by atoms with E-state index in [2.05, 4.69) is 15.2 Å². The lowest BCUT2D eigenvalue weighted by Crippen LogP contribution is -2.48. The first kappa shape index (κ1) is 24.4. The van der Waals surface area contributed by atoms with Gasteiger partial charge in [-0.1, -0.05) is 23.7 Å². The van der Waals surface area contributed by atoms with Crippen molar-refractivity contribution >= 4 is 35.0 Å². The van der Waals surface area contributed by atoms with Gasteiger partial charge in [0.05, 0.1) is 17.4 Å². The van der Waals surface area contributed by atoms with E-state index < -0.39 is 17.7 Å². The average molecular weight is 499 g/mol. The minimum Gasteiger partial charge on any atom is -0.492 e. The molecule has 4 rings (SSSR count). The van der Waals surface area contributed by atoms with Crippen LogP contribution in [0.15, 0.2) is 60.8 Å². The minimum absolute atomic E-state index is 0.0316. The molecular weight excluding hydrogens is 475 g/mol. The Hall–Kier alpha value is -3.69. The summed E-state index contributed by atoms with van der Waals surface area (Å²) in [6.07, 6.45) is 1.38. The van der Waals surface area contributed by atoms with Crippen LogP contribution in [-0.4, -0.2) is 66.2 Å². The molecule has 0 bridgehead atoms. The Labute approximate surface area is 206 Å². The fourth-order valence-electron chi connectivity index (χ4n) is 3.79. The van der Waals surface area contributed by atoms with Gasteiger partial charge in [-0.25, -0.2) is 14.2 Å². The van der Waals surface area contributed by atoms with Gasteiger partial charge in [0, 0.05) is 37.7 Å². The molecule has 10 heteroatoms. The van der Waals surface area contributed by atoms with Crippen LogP contribution in [0.25, 0.3) is 0 Å². The topological polar surface area (TPSA) is 95.0 Å². The number of amides is 1. The highest BCUT2D eigenvalue weighted by molar-refractivity contribution is 6.30. The van der Waals surface area contributed by atoms with Crippen molar-refractivity contribution in [3.05, 3.63) is 82.8 Å². The molecule has 0 unspecified atom stereocenters. The number of carbonyl (C=O) groups excluding carboxylic acids is 1. The van der Waals surface area contributed by atoms with E-state index in [4.69, 9.17) is 16.3 Å². The van der Waals surface area contributed by atoms with Crippen molar-refractivity contribution in [2.75, 3.05) is 49.5 Å². The summed E-state index contributed by atoms with van der Waals surface area (Å²) in [6.45, 7) is 3.88. The highest BCUT2D eigenvalue weighted by Gasteiger charge is 2.23. The third-order valence-electron chi connectivity index (χ3n) is 5.64. The number of halogens is 2. The van der Waals surface area contributed by atoms with Crippen LogP contribution in [0.3, 0.4) is 0 Å². The maximum Gasteiger partial charge on any atom is 0.339 e. The molecule has 2 heterocycles. The van der Waals surface area contributed by atoms with Crippen LogP contribution >= 0.6 is 11.6 Å². The minimum atomic E-state index is -1.16. The second-order valence-corrected chi connectivity index (χ2v) is 8.40. The molecule has 1 aliphatic heterocycles. The molecule has 0 spiro atoms. The van der Waals surface area contributed by atoms with Crippen molar-refractivity contribution in [3.8, 4) is 5.75 Å². The van der Waals surface area contributed by atoms with Crippen LogP contribution in [0.5, 0.6) is 5.75 Å². The molecule has 1 amide bonds. The van der Waals surface area contributed by atoms with E-state index in [0.29, 0.717) is 30.5 Å². The number of rotatable bonds is 8. The third kappa shape index (κ3) is 6.26. The number of ether oxygens (including phenoxy) is 1. The highest BCUT2D eigenvalue weighted by Crippen LogP contribution is 2.23. The molecule has 35 heavy (non-hydrogen) atoms. The Morgan fingerprint density at radius 2 is 1.77 bits per heavy atom. The summed E-state index contributed by atoms with van der Waals surface area (Å²) < 4.78 is 19.6. The first-order valence-corrected chi connectivity index (χ1v) is 11.4. The fraction of sp³-hybridized carbons (Fsp3) is 0.240. The number of nitrogens with zero attached hydrogens (tertiary/aromatic N) is 3. The lowest BCUT2D eigenvalue weighted by atomic mass is 10.1. The molecule has 1 aromatic heterocycles. The molecule has 8 nitrogen and oxygen atoms in total. The lowest BCUT2D eigenvalue weighted by Gasteiger charge is -2.35. The number of hydrogen-bond donors (Lipinski definition) is 2. The molecule has 0 radical (unpaired) electrons. The zero-order chi connectivity index (χ0) is 24.8. The fourth-order valence-corrected chi connectivity index (χ4v) is 3.91. The van der Waals surface area contributed by atoms with Gasteiger partial charge in [-0.05, 0) is 42.5 Å². The number of anilines is 2. The Morgan fingerprint density at radius 3 is 2.46 bits per heavy atom. The van der Waals surface area contributed by atoms with Gasteiger partial charge < -0.3 is 20.1 Å². The van der Waals surface area contributed by atoms with E-state index >= 15 is 0 Å². The average Bonchev–Trinajstić information content (AvgIpc) is 2.86. The maximum absolute atomic E-state index is 13.9. The summed E-state index contributed by atoms with van der Waals surface area (Å²) in [5.41, 5.74) is 0.0119. The van der Waals surface area contributed by atoms with Gasteiger partial charge in [0.1, 0.15) is 29.6 Å². The normalized spacial score (nSPS) is 13.9. The van der Waals surface area contributed by atoms with Crippen molar-refractivity contribution in [3.63, 3.8) is 0 Å². The highest BCUT2D eigenvalue weighted by atomic mass is 35.5. The number of aromatic carboxylic acids is 1. The number of piperazine rings is 1. The van der Waals surface area contributed by atoms with E-state index in [0.717, 1.165) is 25.4 Å². The van der Waals surface area contributed by atoms with Crippen molar-refractivity contribution in [1.82, 2.24) is 9.88 Å². The number of nitrogens with one attached hydrogen (secondary N) is 1. The van der Waals surface area contributed by atoms with Gasteiger partial charge >= 0.3 is 5.97 Å². The van der Waals surface area contributed by atoms with Crippen LogP contribution in [0.2, 0.25) is 5.02 Å². The molecule has 1 fully saturated rings. The number of carbonyl (C=O) groups is 2. The molecule has 1 aliphatic rings. The summed E-state index contributed by atoms with van der Waals surface area (Å²) in [6, 6.07) is 14.1. The second kappa shape index (κ2) is 11.2. The van der Waals surface area contributed by atoms with Crippen LogP contribution < -0.4 is 15.0 Å². The Bertz CT molecular complexity index is 1200. The predicted molar refractivity (Wildman–Crippen MR) is 131 cm³/mol. The quantitative estimate of drug-likeness (QED) is 0.484. The van der Waals surface area contributed by atoms with Crippen molar-refractivity contribution in [2.24, 2.45) is 0 Å². The second-order valence-electron chi connectivity index (χ2n) is 7.97. The van der Waals surface area contributed by atoms with Crippen LogP contribution in [0.1, 0.15) is 20.7 Å². The SMILES string of the molecule is O=C(Nc1cnc(N2CCN(CCOc3ccc(Cl)cc3)CC2)c(C(=O)O)c1)c1ccccc1F. The van der Waals surface area contributed by atoms with Gasteiger partial charge in [-0.3, -0.25) is 9.69 Å². The van der Waals surface area contributed by atoms with Gasteiger partial charge in [0.2, 0.25) is 0 Å². The zero-order valence-corrected chi connectivity index (χ0v) is 19.5. The summed E-state index contributed by atoms with van der Waals surface area (Å²) >= 11 is 5.88. The molecule has 0 saturated carbocycles. The van der Waals surface area contributed by atoms with Gasteiger partial charge in [0.25, 0.3) is 5.91 Å². The molecule has 2 aromatic carbocycles. The summed E-state index contributed by atoms with van der Waals surface area (Å²) in [4.78, 5) is 32.7. The number of carboxylic acid groups (broad SMARTS) is 1. The predicted octanol–water partition coefficient (Wildman–Crippen LogP) is 4.03. The maximum atomic E-state index is 13.9. The van der Waals surface area contributed by atoms with E-state index in [1.165, 1.54) is 30.5 Å². The number of carboxylic acids is 1. The van der Waals surface area contributed by atoms with E-state index in [1.807, 2.05) is 17.0 Å². The van der Waals surface area contributed by atoms with Gasteiger partial charge in [0.15, 0.2) is 0 Å². The largest absolute Gasteiger partial charge is 0.492 e. The van der Waals surface area contributed by atoms with Crippen molar-refractivity contribution in [2.45, 2.75) is 0 Å². The standard InChI is InChI=1S/C25H24ClFN4O4/c26-17-5-7-19(8-6-17)35-14-13-30-9-11-31(12-10-30)23-21(25(33)34)15-18(16-28-23)29-24(32)20-3-1-2-4-22(20)27/h1-8,15-16H,9-14H2,(H,29,32)(H,33,34). The van der Waals surface area contributed by atoms with Crippen molar-refractivity contribution < 1.29 is 23.8 Å².